The highest BCUT2D eigenvalue weighted by molar-refractivity contribution is 7.89. The van der Waals surface area contributed by atoms with Crippen LogP contribution in [0.3, 0.4) is 0 Å². The molecule has 0 saturated carbocycles. The molecule has 1 fully saturated rings. The highest BCUT2D eigenvalue weighted by Crippen LogP contribution is 2.14. The normalized spacial score (nSPS) is 17.1. The van der Waals surface area contributed by atoms with Gasteiger partial charge in [0, 0.05) is 13.1 Å². The van der Waals surface area contributed by atoms with E-state index in [1.165, 1.54) is 37.8 Å². The molecule has 0 aliphatic carbocycles. The molecule has 114 valence electrons. The van der Waals surface area contributed by atoms with E-state index in [1.807, 2.05) is 6.07 Å². The summed E-state index contributed by atoms with van der Waals surface area (Å²) in [5, 5.41) is 8.99. The second-order valence-corrected chi connectivity index (χ2v) is 7.00. The molecule has 0 atom stereocenters. The molecule has 1 saturated heterocycles. The first-order chi connectivity index (χ1) is 10.1. The standard InChI is InChI=1S/C15H21N3O2S/c16-13-14-7-3-4-8-15(14)21(19,20)17-9-12-18-10-5-1-2-6-11-18/h3-4,7-8,17H,1-2,5-6,9-12H2. The zero-order chi connectivity index (χ0) is 15.1. The minimum atomic E-state index is -3.61. The van der Waals surface area contributed by atoms with Gasteiger partial charge in [0.05, 0.1) is 10.5 Å². The average Bonchev–Trinajstić information content (AvgIpc) is 2.76. The van der Waals surface area contributed by atoms with Crippen LogP contribution in [0.15, 0.2) is 29.2 Å². The van der Waals surface area contributed by atoms with Crippen molar-refractivity contribution in [3.05, 3.63) is 29.8 Å². The SMILES string of the molecule is N#Cc1ccccc1S(=O)(=O)NCCN1CCCCCC1. The van der Waals surface area contributed by atoms with Crippen LogP contribution in [0, 0.1) is 11.3 Å². The lowest BCUT2D eigenvalue weighted by atomic mass is 10.2. The van der Waals surface area contributed by atoms with Crippen molar-refractivity contribution in [2.75, 3.05) is 26.2 Å². The fourth-order valence-electron chi connectivity index (χ4n) is 2.57. The second kappa shape index (κ2) is 7.55. The highest BCUT2D eigenvalue weighted by atomic mass is 32.2. The summed E-state index contributed by atoms with van der Waals surface area (Å²) in [5.74, 6) is 0. The summed E-state index contributed by atoms with van der Waals surface area (Å²) < 4.78 is 27.1. The maximum absolute atomic E-state index is 12.2. The van der Waals surface area contributed by atoms with E-state index in [9.17, 15) is 8.42 Å². The van der Waals surface area contributed by atoms with Crippen molar-refractivity contribution in [3.63, 3.8) is 0 Å². The van der Waals surface area contributed by atoms with Gasteiger partial charge in [0.1, 0.15) is 6.07 Å². The van der Waals surface area contributed by atoms with Crippen LogP contribution < -0.4 is 4.72 Å². The summed E-state index contributed by atoms with van der Waals surface area (Å²) in [6.45, 7) is 3.17. The zero-order valence-corrected chi connectivity index (χ0v) is 12.9. The van der Waals surface area contributed by atoms with E-state index in [2.05, 4.69) is 9.62 Å². The average molecular weight is 307 g/mol. The fraction of sp³-hybridized carbons (Fsp3) is 0.533. The van der Waals surface area contributed by atoms with Gasteiger partial charge >= 0.3 is 0 Å². The summed E-state index contributed by atoms with van der Waals surface area (Å²) >= 11 is 0. The van der Waals surface area contributed by atoms with Crippen molar-refractivity contribution in [1.82, 2.24) is 9.62 Å². The maximum atomic E-state index is 12.2. The third-order valence-electron chi connectivity index (χ3n) is 3.72. The topological polar surface area (TPSA) is 73.2 Å². The molecule has 1 aliphatic rings. The monoisotopic (exact) mass is 307 g/mol. The molecule has 6 heteroatoms. The number of nitriles is 1. The Morgan fingerprint density at radius 2 is 1.81 bits per heavy atom. The number of likely N-dealkylation sites (tertiary alicyclic amines) is 1. The Morgan fingerprint density at radius 3 is 2.48 bits per heavy atom. The van der Waals surface area contributed by atoms with Gasteiger partial charge in [-0.1, -0.05) is 25.0 Å². The lowest BCUT2D eigenvalue weighted by Gasteiger charge is -2.19. The van der Waals surface area contributed by atoms with Gasteiger partial charge in [-0.05, 0) is 38.1 Å². The number of rotatable bonds is 5. The first-order valence-electron chi connectivity index (χ1n) is 7.34. The predicted octanol–water partition coefficient (Wildman–Crippen LogP) is 1.71. The summed E-state index contributed by atoms with van der Waals surface area (Å²) in [5.41, 5.74) is 0.180. The van der Waals surface area contributed by atoms with E-state index >= 15 is 0 Å². The lowest BCUT2D eigenvalue weighted by molar-refractivity contribution is 0.290. The molecule has 1 N–H and O–H groups in total. The van der Waals surface area contributed by atoms with Gasteiger partial charge in [-0.3, -0.25) is 0 Å². The summed E-state index contributed by atoms with van der Waals surface area (Å²) in [6, 6.07) is 8.19. The molecule has 0 aromatic heterocycles. The summed E-state index contributed by atoms with van der Waals surface area (Å²) in [6.07, 6.45) is 4.89. The van der Waals surface area contributed by atoms with E-state index in [0.717, 1.165) is 13.1 Å². The molecule has 2 rings (SSSR count). The number of sulfonamides is 1. The molecule has 0 radical (unpaired) electrons. The van der Waals surface area contributed by atoms with Crippen LogP contribution in [0.2, 0.25) is 0 Å². The smallest absolute Gasteiger partial charge is 0.241 e. The number of benzene rings is 1. The van der Waals surface area contributed by atoms with E-state index in [0.29, 0.717) is 13.1 Å². The molecule has 1 aromatic carbocycles. The van der Waals surface area contributed by atoms with Crippen LogP contribution >= 0.6 is 0 Å². The van der Waals surface area contributed by atoms with Crippen molar-refractivity contribution in [1.29, 1.82) is 5.26 Å². The second-order valence-electron chi connectivity index (χ2n) is 5.26. The predicted molar refractivity (Wildman–Crippen MR) is 81.3 cm³/mol. The molecule has 21 heavy (non-hydrogen) atoms. The van der Waals surface area contributed by atoms with Crippen LogP contribution in [-0.2, 0) is 10.0 Å². The minimum absolute atomic E-state index is 0.0587. The largest absolute Gasteiger partial charge is 0.302 e. The molecule has 0 bridgehead atoms. The molecule has 5 nitrogen and oxygen atoms in total. The molecular weight excluding hydrogens is 286 g/mol. The third kappa shape index (κ3) is 4.53. The van der Waals surface area contributed by atoms with Gasteiger partial charge in [0.2, 0.25) is 10.0 Å². The molecule has 1 heterocycles. The molecular formula is C15H21N3O2S. The van der Waals surface area contributed by atoms with Crippen LogP contribution in [0.4, 0.5) is 0 Å². The zero-order valence-electron chi connectivity index (χ0n) is 12.1. The Labute approximate surface area is 126 Å². The van der Waals surface area contributed by atoms with Crippen molar-refractivity contribution in [2.45, 2.75) is 30.6 Å². The number of hydrogen-bond donors (Lipinski definition) is 1. The Morgan fingerprint density at radius 1 is 1.14 bits per heavy atom. The van der Waals surface area contributed by atoms with Crippen molar-refractivity contribution >= 4 is 10.0 Å². The van der Waals surface area contributed by atoms with Crippen molar-refractivity contribution < 1.29 is 8.42 Å². The molecule has 0 spiro atoms. The minimum Gasteiger partial charge on any atom is -0.302 e. The first-order valence-corrected chi connectivity index (χ1v) is 8.83. The number of nitrogens with one attached hydrogen (secondary N) is 1. The van der Waals surface area contributed by atoms with Gasteiger partial charge < -0.3 is 4.90 Å². The van der Waals surface area contributed by atoms with Gasteiger partial charge in [-0.2, -0.15) is 5.26 Å². The summed E-state index contributed by atoms with van der Waals surface area (Å²) in [4.78, 5) is 2.36. The highest BCUT2D eigenvalue weighted by Gasteiger charge is 2.18. The van der Waals surface area contributed by atoms with Crippen LogP contribution in [-0.4, -0.2) is 39.5 Å². The van der Waals surface area contributed by atoms with E-state index in [4.69, 9.17) is 5.26 Å². The van der Waals surface area contributed by atoms with E-state index < -0.39 is 10.0 Å². The van der Waals surface area contributed by atoms with Crippen LogP contribution in [0.1, 0.15) is 31.2 Å². The number of nitrogens with zero attached hydrogens (tertiary/aromatic N) is 2. The Bertz CT molecular complexity index is 600. The molecule has 1 aromatic rings. The molecule has 0 amide bonds. The first kappa shape index (κ1) is 16.0. The number of hydrogen-bond acceptors (Lipinski definition) is 4. The van der Waals surface area contributed by atoms with Gasteiger partial charge in [-0.15, -0.1) is 0 Å². The van der Waals surface area contributed by atoms with Crippen LogP contribution in [0.5, 0.6) is 0 Å². The third-order valence-corrected chi connectivity index (χ3v) is 5.24. The van der Waals surface area contributed by atoms with E-state index in [-0.39, 0.29) is 10.5 Å². The van der Waals surface area contributed by atoms with Crippen molar-refractivity contribution in [3.8, 4) is 6.07 Å². The summed E-state index contributed by atoms with van der Waals surface area (Å²) in [7, 11) is -3.61. The Hall–Kier alpha value is -1.42. The lowest BCUT2D eigenvalue weighted by Crippen LogP contribution is -2.35. The molecule has 1 aliphatic heterocycles. The van der Waals surface area contributed by atoms with Crippen molar-refractivity contribution in [2.24, 2.45) is 0 Å². The Kier molecular flexibility index (Phi) is 5.74. The van der Waals surface area contributed by atoms with Gasteiger partial charge in [-0.25, -0.2) is 13.1 Å². The quantitative estimate of drug-likeness (QED) is 0.899. The van der Waals surface area contributed by atoms with Crippen LogP contribution in [0.25, 0.3) is 0 Å². The Balaban J connectivity index is 1.94. The van der Waals surface area contributed by atoms with E-state index in [1.54, 1.807) is 12.1 Å². The fourth-order valence-corrected chi connectivity index (χ4v) is 3.75. The maximum Gasteiger partial charge on any atom is 0.241 e. The van der Waals surface area contributed by atoms with Gasteiger partial charge in [0.25, 0.3) is 0 Å². The molecule has 0 unspecified atom stereocenters. The van der Waals surface area contributed by atoms with Gasteiger partial charge in [0.15, 0.2) is 0 Å².